The second-order valence-corrected chi connectivity index (χ2v) is 8.83. The van der Waals surface area contributed by atoms with Crippen LogP contribution in [0.2, 0.25) is 0 Å². The lowest BCUT2D eigenvalue weighted by atomic mass is 10.1. The van der Waals surface area contributed by atoms with Crippen LogP contribution in [-0.2, 0) is 23.1 Å². The number of nitro benzene ring substituents is 1. The van der Waals surface area contributed by atoms with E-state index >= 15 is 0 Å². The molecule has 0 atom stereocenters. The van der Waals surface area contributed by atoms with E-state index in [9.17, 15) is 18.5 Å². The van der Waals surface area contributed by atoms with Crippen LogP contribution in [0, 0.1) is 10.1 Å². The molecule has 2 rings (SSSR count). The van der Waals surface area contributed by atoms with E-state index in [0.29, 0.717) is 6.54 Å². The molecule has 0 saturated heterocycles. The van der Waals surface area contributed by atoms with Gasteiger partial charge in [-0.05, 0) is 51.2 Å². The molecule has 0 heterocycles. The number of benzene rings is 2. The molecule has 0 aliphatic rings. The highest BCUT2D eigenvalue weighted by molar-refractivity contribution is 7.89. The predicted octanol–water partition coefficient (Wildman–Crippen LogP) is 2.96. The first-order valence-electron chi connectivity index (χ1n) is 8.85. The maximum atomic E-state index is 12.3. The second-order valence-electron chi connectivity index (χ2n) is 7.12. The molecule has 2 aromatic rings. The fourth-order valence-electron chi connectivity index (χ4n) is 2.68. The van der Waals surface area contributed by atoms with Gasteiger partial charge in [0.25, 0.3) is 5.69 Å². The number of nitrogens with one attached hydrogen (secondary N) is 2. The van der Waals surface area contributed by atoms with Crippen LogP contribution in [0.25, 0.3) is 0 Å². The van der Waals surface area contributed by atoms with Crippen molar-refractivity contribution in [3.05, 3.63) is 63.7 Å². The number of sulfonamides is 1. The van der Waals surface area contributed by atoms with Gasteiger partial charge in [0.05, 0.1) is 9.82 Å². The molecular formula is C19H26N4O4S. The third-order valence-corrected chi connectivity index (χ3v) is 5.53. The first-order valence-corrected chi connectivity index (χ1v) is 10.3. The molecule has 152 valence electrons. The van der Waals surface area contributed by atoms with Crippen LogP contribution in [0.1, 0.15) is 25.0 Å². The molecule has 0 radical (unpaired) electrons. The maximum Gasteiger partial charge on any atom is 0.293 e. The van der Waals surface area contributed by atoms with Crippen LogP contribution in [0.4, 0.5) is 11.4 Å². The van der Waals surface area contributed by atoms with Gasteiger partial charge in [0.2, 0.25) is 10.0 Å². The van der Waals surface area contributed by atoms with Crippen molar-refractivity contribution in [2.24, 2.45) is 0 Å². The molecule has 2 aromatic carbocycles. The smallest absolute Gasteiger partial charge is 0.293 e. The van der Waals surface area contributed by atoms with Gasteiger partial charge in [-0.25, -0.2) is 13.1 Å². The molecule has 0 spiro atoms. The topological polar surface area (TPSA) is 105 Å². The number of nitrogens with zero attached hydrogens (tertiary/aromatic N) is 2. The second kappa shape index (κ2) is 9.13. The third kappa shape index (κ3) is 6.01. The molecule has 0 amide bonds. The highest BCUT2D eigenvalue weighted by Gasteiger charge is 2.22. The monoisotopic (exact) mass is 406 g/mol. The number of hydrogen-bond acceptors (Lipinski definition) is 6. The van der Waals surface area contributed by atoms with E-state index in [2.05, 4.69) is 14.9 Å². The number of nitro groups is 1. The SMILES string of the molecule is CC(C)NS(=O)(=O)c1ccc(NCc2ccc(CN(C)C)cc2)c([N+](=O)[O-])c1. The minimum absolute atomic E-state index is 0.133. The minimum Gasteiger partial charge on any atom is -0.375 e. The van der Waals surface area contributed by atoms with Gasteiger partial charge < -0.3 is 10.2 Å². The van der Waals surface area contributed by atoms with E-state index in [1.807, 2.05) is 38.4 Å². The molecule has 2 N–H and O–H groups in total. The van der Waals surface area contributed by atoms with E-state index in [1.165, 1.54) is 17.7 Å². The van der Waals surface area contributed by atoms with E-state index in [-0.39, 0.29) is 22.3 Å². The zero-order valence-electron chi connectivity index (χ0n) is 16.5. The van der Waals surface area contributed by atoms with Gasteiger partial charge in [-0.3, -0.25) is 10.1 Å². The van der Waals surface area contributed by atoms with Gasteiger partial charge in [-0.2, -0.15) is 0 Å². The summed E-state index contributed by atoms with van der Waals surface area (Å²) >= 11 is 0. The minimum atomic E-state index is -3.80. The van der Waals surface area contributed by atoms with Crippen LogP contribution in [0.15, 0.2) is 47.4 Å². The molecule has 0 aliphatic carbocycles. The van der Waals surface area contributed by atoms with Crippen molar-refractivity contribution in [2.45, 2.75) is 37.9 Å². The fourth-order valence-corrected chi connectivity index (χ4v) is 3.95. The maximum absolute atomic E-state index is 12.3. The Morgan fingerprint density at radius 3 is 2.21 bits per heavy atom. The van der Waals surface area contributed by atoms with Gasteiger partial charge in [-0.15, -0.1) is 0 Å². The molecule has 0 fully saturated rings. The Kier molecular flexibility index (Phi) is 7.11. The highest BCUT2D eigenvalue weighted by atomic mass is 32.2. The zero-order valence-corrected chi connectivity index (χ0v) is 17.3. The summed E-state index contributed by atoms with van der Waals surface area (Å²) < 4.78 is 26.9. The molecular weight excluding hydrogens is 380 g/mol. The summed E-state index contributed by atoms with van der Waals surface area (Å²) in [5.41, 5.74) is 2.13. The van der Waals surface area contributed by atoms with Gasteiger partial charge in [0, 0.05) is 25.2 Å². The molecule has 28 heavy (non-hydrogen) atoms. The van der Waals surface area contributed by atoms with E-state index in [4.69, 9.17) is 0 Å². The van der Waals surface area contributed by atoms with Crippen LogP contribution < -0.4 is 10.0 Å². The number of rotatable bonds is 9. The van der Waals surface area contributed by atoms with Crippen LogP contribution in [0.3, 0.4) is 0 Å². The van der Waals surface area contributed by atoms with Crippen molar-refractivity contribution >= 4 is 21.4 Å². The summed E-state index contributed by atoms with van der Waals surface area (Å²) in [6.45, 7) is 4.59. The van der Waals surface area contributed by atoms with Crippen molar-refractivity contribution in [1.82, 2.24) is 9.62 Å². The Balaban J connectivity index is 2.18. The first-order chi connectivity index (χ1) is 13.1. The Morgan fingerprint density at radius 1 is 1.07 bits per heavy atom. The van der Waals surface area contributed by atoms with Crippen LogP contribution >= 0.6 is 0 Å². The van der Waals surface area contributed by atoms with Crippen LogP contribution in [0.5, 0.6) is 0 Å². The van der Waals surface area contributed by atoms with Crippen molar-refractivity contribution in [1.29, 1.82) is 0 Å². The summed E-state index contributed by atoms with van der Waals surface area (Å²) in [6, 6.07) is 11.5. The zero-order chi connectivity index (χ0) is 20.9. The van der Waals surface area contributed by atoms with Crippen molar-refractivity contribution in [3.63, 3.8) is 0 Å². The standard InChI is InChI=1S/C19H26N4O4S/c1-14(2)21-28(26,27)17-9-10-18(19(11-17)23(24)25)20-12-15-5-7-16(8-6-15)13-22(3)4/h5-11,14,20-21H,12-13H2,1-4H3. The van der Waals surface area contributed by atoms with Crippen molar-refractivity contribution in [2.75, 3.05) is 19.4 Å². The summed E-state index contributed by atoms with van der Waals surface area (Å²) in [4.78, 5) is 12.8. The molecule has 0 aromatic heterocycles. The summed E-state index contributed by atoms with van der Waals surface area (Å²) in [6.07, 6.45) is 0. The van der Waals surface area contributed by atoms with Gasteiger partial charge in [-0.1, -0.05) is 24.3 Å². The Morgan fingerprint density at radius 2 is 1.68 bits per heavy atom. The fraction of sp³-hybridized carbons (Fsp3) is 0.368. The largest absolute Gasteiger partial charge is 0.375 e. The van der Waals surface area contributed by atoms with Crippen LogP contribution in [-0.4, -0.2) is 38.4 Å². The van der Waals surface area contributed by atoms with Gasteiger partial charge in [0.1, 0.15) is 5.69 Å². The quantitative estimate of drug-likeness (QED) is 0.490. The molecule has 0 saturated carbocycles. The van der Waals surface area contributed by atoms with E-state index in [0.717, 1.165) is 18.2 Å². The van der Waals surface area contributed by atoms with Crippen molar-refractivity contribution in [3.8, 4) is 0 Å². The summed E-state index contributed by atoms with van der Waals surface area (Å²) in [5.74, 6) is 0. The number of anilines is 1. The van der Waals surface area contributed by atoms with E-state index in [1.54, 1.807) is 13.8 Å². The molecule has 0 aliphatic heterocycles. The third-order valence-electron chi connectivity index (χ3n) is 3.87. The van der Waals surface area contributed by atoms with E-state index < -0.39 is 14.9 Å². The molecule has 8 nitrogen and oxygen atoms in total. The summed E-state index contributed by atoms with van der Waals surface area (Å²) in [7, 11) is 0.190. The van der Waals surface area contributed by atoms with Gasteiger partial charge in [0.15, 0.2) is 0 Å². The average Bonchev–Trinajstić information content (AvgIpc) is 2.59. The highest BCUT2D eigenvalue weighted by Crippen LogP contribution is 2.28. The Hall–Kier alpha value is -2.49. The molecule has 0 bridgehead atoms. The average molecular weight is 407 g/mol. The lowest BCUT2D eigenvalue weighted by molar-refractivity contribution is -0.384. The first kappa shape index (κ1) is 21.8. The Labute approximate surface area is 165 Å². The normalized spacial score (nSPS) is 11.8. The lowest BCUT2D eigenvalue weighted by Gasteiger charge is -2.12. The predicted molar refractivity (Wildman–Crippen MR) is 110 cm³/mol. The van der Waals surface area contributed by atoms with Gasteiger partial charge >= 0.3 is 0 Å². The van der Waals surface area contributed by atoms with Crippen molar-refractivity contribution < 1.29 is 13.3 Å². The molecule has 9 heteroatoms. The lowest BCUT2D eigenvalue weighted by Crippen LogP contribution is -2.30. The number of hydrogen-bond donors (Lipinski definition) is 2. The molecule has 0 unspecified atom stereocenters. The Bertz CT molecular complexity index is 925. The summed E-state index contributed by atoms with van der Waals surface area (Å²) in [5, 5.41) is 14.5.